The lowest BCUT2D eigenvalue weighted by molar-refractivity contribution is -0.146. The number of aryl methyl sites for hydroxylation is 1. The zero-order valence-electron chi connectivity index (χ0n) is 17.9. The normalized spacial score (nSPS) is 17.8. The fourth-order valence-electron chi connectivity index (χ4n) is 3.94. The molecular formula is C21H24F3N7O. The molecule has 2 fully saturated rings. The maximum absolute atomic E-state index is 13.1. The van der Waals surface area contributed by atoms with Crippen molar-refractivity contribution in [1.29, 1.82) is 0 Å². The second-order valence-electron chi connectivity index (χ2n) is 8.60. The Morgan fingerprint density at radius 2 is 1.78 bits per heavy atom. The number of piperidine rings is 1. The second kappa shape index (κ2) is 7.86. The van der Waals surface area contributed by atoms with Crippen LogP contribution in [0.25, 0.3) is 5.65 Å². The van der Waals surface area contributed by atoms with E-state index in [4.69, 9.17) is 4.74 Å². The molecule has 8 nitrogen and oxygen atoms in total. The number of hydrogen-bond donors (Lipinski definition) is 0. The highest BCUT2D eigenvalue weighted by Gasteiger charge is 2.38. The van der Waals surface area contributed by atoms with Crippen LogP contribution >= 0.6 is 0 Å². The Bertz CT molecular complexity index is 1130. The summed E-state index contributed by atoms with van der Waals surface area (Å²) in [4.78, 5) is 11.2. The van der Waals surface area contributed by atoms with Crippen LogP contribution < -0.4 is 9.64 Å². The van der Waals surface area contributed by atoms with Gasteiger partial charge in [0, 0.05) is 30.3 Å². The van der Waals surface area contributed by atoms with Gasteiger partial charge in [-0.05, 0) is 57.6 Å². The van der Waals surface area contributed by atoms with E-state index in [9.17, 15) is 13.2 Å². The van der Waals surface area contributed by atoms with Crippen LogP contribution in [0.1, 0.15) is 54.5 Å². The van der Waals surface area contributed by atoms with E-state index in [1.54, 1.807) is 6.07 Å². The SMILES string of the molecule is Cc1nc(C2CC2)nc(OCC2CCN(c3ccc4nnc(C(F)(F)F)n4n3)CC2)c1C. The minimum absolute atomic E-state index is 0.0745. The first-order valence-electron chi connectivity index (χ1n) is 10.8. The van der Waals surface area contributed by atoms with E-state index < -0.39 is 12.0 Å². The van der Waals surface area contributed by atoms with Crippen LogP contribution in [-0.4, -0.2) is 49.5 Å². The van der Waals surface area contributed by atoms with Crippen LogP contribution in [0.4, 0.5) is 19.0 Å². The van der Waals surface area contributed by atoms with Gasteiger partial charge >= 0.3 is 6.18 Å². The highest BCUT2D eigenvalue weighted by molar-refractivity contribution is 5.46. The lowest BCUT2D eigenvalue weighted by Gasteiger charge is -2.32. The summed E-state index contributed by atoms with van der Waals surface area (Å²) < 4.78 is 46.2. The lowest BCUT2D eigenvalue weighted by atomic mass is 9.98. The first-order valence-corrected chi connectivity index (χ1v) is 10.8. The molecule has 0 aromatic carbocycles. The molecule has 2 aliphatic rings. The fourth-order valence-corrected chi connectivity index (χ4v) is 3.94. The van der Waals surface area contributed by atoms with E-state index in [0.29, 0.717) is 43.2 Å². The van der Waals surface area contributed by atoms with Crippen LogP contribution in [0.5, 0.6) is 5.88 Å². The molecule has 5 rings (SSSR count). The summed E-state index contributed by atoms with van der Waals surface area (Å²) in [6.45, 7) is 5.89. The molecule has 0 N–H and O–H groups in total. The zero-order chi connectivity index (χ0) is 22.5. The molecule has 0 amide bonds. The van der Waals surface area contributed by atoms with Crippen molar-refractivity contribution in [2.24, 2.45) is 5.92 Å². The highest BCUT2D eigenvalue weighted by atomic mass is 19.4. The molecule has 11 heteroatoms. The quantitative estimate of drug-likeness (QED) is 0.590. The number of aromatic nitrogens is 6. The minimum atomic E-state index is -4.60. The summed E-state index contributed by atoms with van der Waals surface area (Å²) in [6.07, 6.45) is -0.620. The first-order chi connectivity index (χ1) is 15.3. The topological polar surface area (TPSA) is 81.3 Å². The van der Waals surface area contributed by atoms with E-state index in [1.807, 2.05) is 18.7 Å². The van der Waals surface area contributed by atoms with Crippen LogP contribution in [0.15, 0.2) is 12.1 Å². The fraction of sp³-hybridized carbons (Fsp3) is 0.571. The Morgan fingerprint density at radius 3 is 2.47 bits per heavy atom. The van der Waals surface area contributed by atoms with Crippen molar-refractivity contribution in [2.45, 2.75) is 51.6 Å². The molecule has 1 aliphatic carbocycles. The first kappa shape index (κ1) is 20.9. The van der Waals surface area contributed by atoms with Crippen molar-refractivity contribution < 1.29 is 17.9 Å². The van der Waals surface area contributed by atoms with Crippen molar-refractivity contribution >= 4 is 11.5 Å². The second-order valence-corrected chi connectivity index (χ2v) is 8.60. The molecular weight excluding hydrogens is 423 g/mol. The van der Waals surface area contributed by atoms with Gasteiger partial charge in [0.1, 0.15) is 11.6 Å². The van der Waals surface area contributed by atoms with Crippen LogP contribution in [0, 0.1) is 19.8 Å². The Kier molecular flexibility index (Phi) is 5.13. The summed E-state index contributed by atoms with van der Waals surface area (Å²) in [5.41, 5.74) is 2.00. The Morgan fingerprint density at radius 1 is 1.03 bits per heavy atom. The largest absolute Gasteiger partial charge is 0.477 e. The van der Waals surface area contributed by atoms with Crippen molar-refractivity contribution in [3.05, 3.63) is 35.0 Å². The van der Waals surface area contributed by atoms with Crippen molar-refractivity contribution in [1.82, 2.24) is 29.8 Å². The molecule has 1 saturated heterocycles. The number of alkyl halides is 3. The van der Waals surface area contributed by atoms with Crippen LogP contribution in [-0.2, 0) is 6.18 Å². The predicted octanol–water partition coefficient (Wildman–Crippen LogP) is 3.72. The molecule has 0 spiro atoms. The van der Waals surface area contributed by atoms with Crippen LogP contribution in [0.3, 0.4) is 0 Å². The third-order valence-electron chi connectivity index (χ3n) is 6.20. The third-order valence-corrected chi connectivity index (χ3v) is 6.20. The van der Waals surface area contributed by atoms with Crippen molar-refractivity contribution in [2.75, 3.05) is 24.6 Å². The Hall–Kier alpha value is -2.98. The van der Waals surface area contributed by atoms with Gasteiger partial charge in [0.25, 0.3) is 5.82 Å². The van der Waals surface area contributed by atoms with Gasteiger partial charge in [-0.25, -0.2) is 4.98 Å². The van der Waals surface area contributed by atoms with Gasteiger partial charge < -0.3 is 9.64 Å². The lowest BCUT2D eigenvalue weighted by Crippen LogP contribution is -2.36. The van der Waals surface area contributed by atoms with Gasteiger partial charge in [-0.3, -0.25) is 0 Å². The third kappa shape index (κ3) is 4.07. The van der Waals surface area contributed by atoms with Gasteiger partial charge in [-0.2, -0.15) is 22.7 Å². The summed E-state index contributed by atoms with van der Waals surface area (Å²) in [6, 6.07) is 3.20. The van der Waals surface area contributed by atoms with Crippen LogP contribution in [0.2, 0.25) is 0 Å². The maximum atomic E-state index is 13.1. The van der Waals surface area contributed by atoms with Gasteiger partial charge in [0.2, 0.25) is 5.88 Å². The van der Waals surface area contributed by atoms with Crippen molar-refractivity contribution in [3.63, 3.8) is 0 Å². The molecule has 3 aromatic rings. The zero-order valence-corrected chi connectivity index (χ0v) is 17.9. The molecule has 3 aromatic heterocycles. The van der Waals surface area contributed by atoms with E-state index in [0.717, 1.165) is 47.3 Å². The summed E-state index contributed by atoms with van der Waals surface area (Å²) >= 11 is 0. The van der Waals surface area contributed by atoms with E-state index in [1.165, 1.54) is 6.07 Å². The molecule has 0 bridgehead atoms. The molecule has 0 atom stereocenters. The molecule has 4 heterocycles. The Labute approximate surface area is 182 Å². The van der Waals surface area contributed by atoms with E-state index >= 15 is 0 Å². The number of halogens is 3. The average molecular weight is 447 g/mol. The summed E-state index contributed by atoms with van der Waals surface area (Å²) in [5, 5.41) is 10.9. The maximum Gasteiger partial charge on any atom is 0.453 e. The van der Waals surface area contributed by atoms with Crippen molar-refractivity contribution in [3.8, 4) is 5.88 Å². The standard InChI is InChI=1S/C21H24F3N7O/c1-12-13(2)25-18(15-3-4-15)26-19(12)32-11-14-7-9-30(10-8-14)17-6-5-16-27-28-20(21(22,23)24)31(16)29-17/h5-6,14-15H,3-4,7-11H2,1-2H3. The summed E-state index contributed by atoms with van der Waals surface area (Å²) in [5.74, 6) is 1.73. The van der Waals surface area contributed by atoms with Gasteiger partial charge in [-0.15, -0.1) is 15.3 Å². The van der Waals surface area contributed by atoms with Gasteiger partial charge in [-0.1, -0.05) is 0 Å². The van der Waals surface area contributed by atoms with Gasteiger partial charge in [0.05, 0.1) is 6.61 Å². The number of ether oxygens (including phenoxy) is 1. The average Bonchev–Trinajstić information content (AvgIpc) is 3.52. The summed E-state index contributed by atoms with van der Waals surface area (Å²) in [7, 11) is 0. The molecule has 170 valence electrons. The number of fused-ring (bicyclic) bond motifs is 1. The molecule has 1 saturated carbocycles. The number of hydrogen-bond acceptors (Lipinski definition) is 7. The van der Waals surface area contributed by atoms with E-state index in [2.05, 4.69) is 25.3 Å². The van der Waals surface area contributed by atoms with Gasteiger partial charge in [0.15, 0.2) is 5.65 Å². The highest BCUT2D eigenvalue weighted by Crippen LogP contribution is 2.39. The molecule has 32 heavy (non-hydrogen) atoms. The molecule has 0 radical (unpaired) electrons. The Balaban J connectivity index is 1.22. The number of rotatable bonds is 5. The molecule has 1 aliphatic heterocycles. The number of nitrogens with zero attached hydrogens (tertiary/aromatic N) is 7. The minimum Gasteiger partial charge on any atom is -0.477 e. The van der Waals surface area contributed by atoms with E-state index in [-0.39, 0.29) is 5.65 Å². The predicted molar refractivity (Wildman–Crippen MR) is 110 cm³/mol. The monoisotopic (exact) mass is 447 g/mol. The molecule has 0 unspecified atom stereocenters. The smallest absolute Gasteiger partial charge is 0.453 e. The number of anilines is 1.